The normalized spacial score (nSPS) is 9.56. The summed E-state index contributed by atoms with van der Waals surface area (Å²) in [6.07, 6.45) is 5.59. The molecule has 0 rings (SSSR count). The highest BCUT2D eigenvalue weighted by Crippen LogP contribution is 1.86. The smallest absolute Gasteiger partial charge is 0.0191 e. The van der Waals surface area contributed by atoms with Crippen LogP contribution in [0.1, 0.15) is 6.92 Å². The molecule has 0 saturated heterocycles. The quantitative estimate of drug-likeness (QED) is 0.607. The lowest BCUT2D eigenvalue weighted by molar-refractivity contribution is 0.535. The molecular formula is C7H14N2. The van der Waals surface area contributed by atoms with E-state index in [0.29, 0.717) is 0 Å². The molecule has 0 saturated carbocycles. The zero-order valence-electron chi connectivity index (χ0n) is 6.09. The van der Waals surface area contributed by atoms with Crippen molar-refractivity contribution in [2.24, 2.45) is 0 Å². The number of nitrogens with one attached hydrogen (secondary N) is 1. The first-order chi connectivity index (χ1) is 4.35. The van der Waals surface area contributed by atoms with E-state index in [0.717, 1.165) is 6.54 Å². The fourth-order valence-electron chi connectivity index (χ4n) is 0.466. The van der Waals surface area contributed by atoms with Gasteiger partial charge >= 0.3 is 0 Å². The Kier molecular flexibility index (Phi) is 4.69. The topological polar surface area (TPSA) is 15.3 Å². The summed E-state index contributed by atoms with van der Waals surface area (Å²) < 4.78 is 0. The first-order valence-corrected chi connectivity index (χ1v) is 3.07. The molecule has 0 aliphatic heterocycles. The van der Waals surface area contributed by atoms with Gasteiger partial charge in [0, 0.05) is 26.0 Å². The van der Waals surface area contributed by atoms with Gasteiger partial charge in [0.1, 0.15) is 0 Å². The molecule has 0 bridgehead atoms. The lowest BCUT2D eigenvalue weighted by Gasteiger charge is -2.09. The molecule has 0 amide bonds. The van der Waals surface area contributed by atoms with E-state index in [2.05, 4.69) is 18.8 Å². The van der Waals surface area contributed by atoms with Gasteiger partial charge in [-0.05, 0) is 13.1 Å². The lowest BCUT2D eigenvalue weighted by atomic mass is 10.6. The third kappa shape index (κ3) is 3.64. The maximum absolute atomic E-state index is 3.63. The minimum Gasteiger partial charge on any atom is -0.393 e. The van der Waals surface area contributed by atoms with Gasteiger partial charge in [-0.25, -0.2) is 0 Å². The van der Waals surface area contributed by atoms with E-state index in [1.807, 2.05) is 24.3 Å². The Hall–Kier alpha value is -0.920. The van der Waals surface area contributed by atoms with Gasteiger partial charge in [-0.3, -0.25) is 0 Å². The lowest BCUT2D eigenvalue weighted by Crippen LogP contribution is -2.08. The van der Waals surface area contributed by atoms with Crippen LogP contribution in [0.3, 0.4) is 0 Å². The van der Waals surface area contributed by atoms with Crippen LogP contribution in [0, 0.1) is 0 Å². The van der Waals surface area contributed by atoms with Gasteiger partial charge in [-0.1, -0.05) is 6.58 Å². The van der Waals surface area contributed by atoms with E-state index in [4.69, 9.17) is 0 Å². The molecule has 52 valence electrons. The molecule has 0 unspecified atom stereocenters. The highest BCUT2D eigenvalue weighted by atomic mass is 15.1. The zero-order chi connectivity index (χ0) is 7.11. The maximum atomic E-state index is 3.63. The fraction of sp³-hybridized carbons (Fsp3) is 0.429. The van der Waals surface area contributed by atoms with Crippen molar-refractivity contribution < 1.29 is 0 Å². The zero-order valence-corrected chi connectivity index (χ0v) is 6.09. The molecule has 0 spiro atoms. The molecular weight excluding hydrogens is 112 g/mol. The molecule has 9 heavy (non-hydrogen) atoms. The largest absolute Gasteiger partial charge is 0.393 e. The average Bonchev–Trinajstić information content (AvgIpc) is 1.91. The van der Waals surface area contributed by atoms with Crippen LogP contribution >= 0.6 is 0 Å². The van der Waals surface area contributed by atoms with Crippen molar-refractivity contribution in [3.63, 3.8) is 0 Å². The van der Waals surface area contributed by atoms with Crippen molar-refractivity contribution in [1.82, 2.24) is 10.2 Å². The van der Waals surface area contributed by atoms with E-state index >= 15 is 0 Å². The molecule has 0 atom stereocenters. The molecule has 2 heteroatoms. The van der Waals surface area contributed by atoms with Crippen molar-refractivity contribution in [3.8, 4) is 0 Å². The van der Waals surface area contributed by atoms with E-state index in [1.165, 1.54) is 0 Å². The van der Waals surface area contributed by atoms with Crippen molar-refractivity contribution in [2.75, 3.05) is 13.6 Å². The van der Waals surface area contributed by atoms with Crippen molar-refractivity contribution in [1.29, 1.82) is 0 Å². The monoisotopic (exact) mass is 126 g/mol. The van der Waals surface area contributed by atoms with Gasteiger partial charge in [0.25, 0.3) is 0 Å². The summed E-state index contributed by atoms with van der Waals surface area (Å²) in [6.45, 7) is 6.66. The second kappa shape index (κ2) is 5.22. The highest BCUT2D eigenvalue weighted by molar-refractivity contribution is 4.84. The van der Waals surface area contributed by atoms with E-state index in [1.54, 1.807) is 6.20 Å². The van der Waals surface area contributed by atoms with E-state index in [-0.39, 0.29) is 0 Å². The Morgan fingerprint density at radius 2 is 2.33 bits per heavy atom. The molecule has 0 aliphatic rings. The summed E-state index contributed by atoms with van der Waals surface area (Å²) in [7, 11) is 1.87. The average molecular weight is 126 g/mol. The number of hydrogen-bond acceptors (Lipinski definition) is 2. The summed E-state index contributed by atoms with van der Waals surface area (Å²) in [5.74, 6) is 0. The molecule has 1 N–H and O–H groups in total. The first-order valence-electron chi connectivity index (χ1n) is 3.07. The second-order valence-corrected chi connectivity index (χ2v) is 1.62. The molecule has 0 aliphatic carbocycles. The fourth-order valence-corrected chi connectivity index (χ4v) is 0.466. The van der Waals surface area contributed by atoms with Crippen molar-refractivity contribution in [2.45, 2.75) is 6.92 Å². The Morgan fingerprint density at radius 1 is 1.67 bits per heavy atom. The summed E-state index contributed by atoms with van der Waals surface area (Å²) in [4.78, 5) is 1.98. The molecule has 0 aromatic heterocycles. The molecule has 0 fully saturated rings. The Balaban J connectivity index is 3.54. The third-order valence-corrected chi connectivity index (χ3v) is 1.03. The van der Waals surface area contributed by atoms with Crippen LogP contribution in [0.25, 0.3) is 0 Å². The van der Waals surface area contributed by atoms with Crippen LogP contribution < -0.4 is 5.32 Å². The second-order valence-electron chi connectivity index (χ2n) is 1.62. The molecule has 0 aromatic carbocycles. The van der Waals surface area contributed by atoms with Gasteiger partial charge < -0.3 is 10.2 Å². The van der Waals surface area contributed by atoms with Crippen LogP contribution in [-0.2, 0) is 0 Å². The predicted octanol–water partition coefficient (Wildman–Crippen LogP) is 1.14. The van der Waals surface area contributed by atoms with Crippen molar-refractivity contribution >= 4 is 0 Å². The number of rotatable bonds is 4. The highest BCUT2D eigenvalue weighted by Gasteiger charge is 1.82. The van der Waals surface area contributed by atoms with Crippen molar-refractivity contribution in [3.05, 3.63) is 25.2 Å². The molecule has 0 aromatic rings. The Bertz CT molecular complexity index is 97.1. The van der Waals surface area contributed by atoms with Crippen LogP contribution in [0.5, 0.6) is 0 Å². The Labute approximate surface area is 56.9 Å². The van der Waals surface area contributed by atoms with Gasteiger partial charge in [-0.15, -0.1) is 0 Å². The predicted molar refractivity (Wildman–Crippen MR) is 40.8 cm³/mol. The summed E-state index contributed by atoms with van der Waals surface area (Å²) >= 11 is 0. The Morgan fingerprint density at radius 3 is 2.67 bits per heavy atom. The maximum Gasteiger partial charge on any atom is 0.0191 e. The van der Waals surface area contributed by atoms with E-state index in [9.17, 15) is 0 Å². The summed E-state index contributed by atoms with van der Waals surface area (Å²) in [5.41, 5.74) is 0. The van der Waals surface area contributed by atoms with Gasteiger partial charge in [0.05, 0.1) is 0 Å². The van der Waals surface area contributed by atoms with Crippen LogP contribution in [0.4, 0.5) is 0 Å². The summed E-state index contributed by atoms with van der Waals surface area (Å²) in [6, 6.07) is 0. The summed E-state index contributed by atoms with van der Waals surface area (Å²) in [5, 5.41) is 2.90. The van der Waals surface area contributed by atoms with Crippen LogP contribution in [-0.4, -0.2) is 18.5 Å². The molecule has 0 heterocycles. The number of hydrogen-bond donors (Lipinski definition) is 1. The standard InChI is InChI=1S/C7H14N2/c1-4-9(5-2)7-6-8-3/h4,6-8H,1,5H2,2-3H3. The molecule has 0 radical (unpaired) electrons. The SMILES string of the molecule is C=CN(C=CNC)CC. The first kappa shape index (κ1) is 8.08. The third-order valence-electron chi connectivity index (χ3n) is 1.03. The van der Waals surface area contributed by atoms with Gasteiger partial charge in [0.15, 0.2) is 0 Å². The van der Waals surface area contributed by atoms with Gasteiger partial charge in [-0.2, -0.15) is 0 Å². The molecule has 2 nitrogen and oxygen atoms in total. The minimum atomic E-state index is 0.960. The number of nitrogens with zero attached hydrogens (tertiary/aromatic N) is 1. The van der Waals surface area contributed by atoms with E-state index < -0.39 is 0 Å². The minimum absolute atomic E-state index is 0.960. The van der Waals surface area contributed by atoms with Crippen LogP contribution in [0.15, 0.2) is 25.2 Å². The van der Waals surface area contributed by atoms with Gasteiger partial charge in [0.2, 0.25) is 0 Å². The van der Waals surface area contributed by atoms with Crippen LogP contribution in [0.2, 0.25) is 0 Å².